The number of hydrazine groups is 1. The molecule has 0 atom stereocenters. The molecule has 2 aromatic heterocycles. The lowest BCUT2D eigenvalue weighted by atomic mass is 10.2. The molecule has 0 fully saturated rings. The van der Waals surface area contributed by atoms with Crippen LogP contribution in [0.5, 0.6) is 6.01 Å². The molecule has 9 heteroatoms. The summed E-state index contributed by atoms with van der Waals surface area (Å²) in [6.07, 6.45) is 9.60. The molecule has 0 aliphatic carbocycles. The summed E-state index contributed by atoms with van der Waals surface area (Å²) in [5.74, 6) is 2.52. The third-order valence-corrected chi connectivity index (χ3v) is 3.28. The molecule has 2 aromatic rings. The van der Waals surface area contributed by atoms with Crippen LogP contribution >= 0.6 is 0 Å². The van der Waals surface area contributed by atoms with Gasteiger partial charge >= 0.3 is 6.01 Å². The van der Waals surface area contributed by atoms with Crippen molar-refractivity contribution in [2.24, 2.45) is 5.84 Å². The molecule has 0 bridgehead atoms. The van der Waals surface area contributed by atoms with Crippen LogP contribution in [0.15, 0.2) is 55.3 Å². The van der Waals surface area contributed by atoms with Crippen LogP contribution in [0.1, 0.15) is 18.1 Å². The lowest BCUT2D eigenvalue weighted by Crippen LogP contribution is -2.28. The second-order valence-electron chi connectivity index (χ2n) is 5.97. The highest BCUT2D eigenvalue weighted by atomic mass is 19.3. The second-order valence-corrected chi connectivity index (χ2v) is 5.97. The van der Waals surface area contributed by atoms with E-state index in [1.165, 1.54) is 29.7 Å². The number of allylic oxidation sites excluding steroid dienone is 2. The molecule has 0 aliphatic rings. The van der Waals surface area contributed by atoms with E-state index in [0.717, 1.165) is 18.7 Å². The van der Waals surface area contributed by atoms with Gasteiger partial charge < -0.3 is 9.75 Å². The van der Waals surface area contributed by atoms with E-state index in [1.807, 2.05) is 0 Å². The van der Waals surface area contributed by atoms with Crippen LogP contribution in [0, 0.1) is 5.82 Å². The van der Waals surface area contributed by atoms with E-state index in [9.17, 15) is 13.2 Å². The Morgan fingerprint density at radius 3 is 2.59 bits per heavy atom. The van der Waals surface area contributed by atoms with Crippen molar-refractivity contribution in [3.8, 4) is 6.01 Å². The zero-order chi connectivity index (χ0) is 19.9. The number of ether oxygens (including phenoxy) is 1. The van der Waals surface area contributed by atoms with Crippen molar-refractivity contribution in [3.05, 3.63) is 72.2 Å². The van der Waals surface area contributed by atoms with Gasteiger partial charge in [0.15, 0.2) is 6.61 Å². The van der Waals surface area contributed by atoms with Gasteiger partial charge in [-0.15, -0.1) is 0 Å². The van der Waals surface area contributed by atoms with Crippen LogP contribution in [0.2, 0.25) is 0 Å². The number of nitrogens with zero attached hydrogens (tertiary/aromatic N) is 4. The second kappa shape index (κ2) is 9.13. The summed E-state index contributed by atoms with van der Waals surface area (Å²) in [5.41, 5.74) is 1.89. The highest BCUT2D eigenvalue weighted by molar-refractivity contribution is 5.19. The average molecular weight is 379 g/mol. The fourth-order valence-electron chi connectivity index (χ4n) is 1.98. The number of halogens is 3. The molecule has 0 saturated heterocycles. The van der Waals surface area contributed by atoms with Crippen LogP contribution < -0.4 is 10.6 Å². The summed E-state index contributed by atoms with van der Waals surface area (Å²) in [6, 6.07) is 1.24. The van der Waals surface area contributed by atoms with Gasteiger partial charge in [-0.3, -0.25) is 4.98 Å². The monoisotopic (exact) mass is 379 g/mol. The predicted molar refractivity (Wildman–Crippen MR) is 94.1 cm³/mol. The fourth-order valence-corrected chi connectivity index (χ4v) is 1.98. The normalized spacial score (nSPS) is 11.6. The quantitative estimate of drug-likeness (QED) is 0.410. The fraction of sp³-hybridized carbons (Fsp3) is 0.278. The first-order chi connectivity index (χ1) is 12.7. The molecule has 0 saturated carbocycles. The summed E-state index contributed by atoms with van der Waals surface area (Å²) < 4.78 is 43.4. The number of aromatic nitrogens is 3. The van der Waals surface area contributed by atoms with E-state index >= 15 is 0 Å². The molecule has 27 heavy (non-hydrogen) atoms. The largest absolute Gasteiger partial charge is 0.457 e. The summed E-state index contributed by atoms with van der Waals surface area (Å²) in [5, 5.41) is 1.37. The first kappa shape index (κ1) is 20.4. The molecule has 144 valence electrons. The Morgan fingerprint density at radius 1 is 1.26 bits per heavy atom. The first-order valence-corrected chi connectivity index (χ1v) is 8.01. The number of hydrogen-bond acceptors (Lipinski definition) is 6. The minimum absolute atomic E-state index is 0.106. The molecule has 2 N–H and O–H groups in total. The third kappa shape index (κ3) is 7.45. The van der Waals surface area contributed by atoms with Gasteiger partial charge in [-0.1, -0.05) is 12.7 Å². The molecule has 6 nitrogen and oxygen atoms in total. The van der Waals surface area contributed by atoms with E-state index in [0.29, 0.717) is 17.7 Å². The Bertz CT molecular complexity index is 790. The van der Waals surface area contributed by atoms with Gasteiger partial charge in [0.1, 0.15) is 5.82 Å². The van der Waals surface area contributed by atoms with Crippen molar-refractivity contribution in [2.75, 3.05) is 6.61 Å². The Morgan fingerprint density at radius 2 is 1.96 bits per heavy atom. The van der Waals surface area contributed by atoms with Gasteiger partial charge in [-0.05, 0) is 29.7 Å². The summed E-state index contributed by atoms with van der Waals surface area (Å²) in [7, 11) is 0. The third-order valence-electron chi connectivity index (χ3n) is 3.28. The molecule has 0 amide bonds. The van der Waals surface area contributed by atoms with E-state index in [2.05, 4.69) is 21.5 Å². The van der Waals surface area contributed by atoms with Gasteiger partial charge in [0.25, 0.3) is 5.92 Å². The molecule has 0 aromatic carbocycles. The maximum absolute atomic E-state index is 13.1. The van der Waals surface area contributed by atoms with Crippen LogP contribution in [-0.4, -0.2) is 32.5 Å². The SMILES string of the molecule is C=C(/C=C\Cc1cnc(OCC(C)(F)F)nc1)N(N)Cc1cncc(F)c1. The molecular weight excluding hydrogens is 359 g/mol. The van der Waals surface area contributed by atoms with Crippen molar-refractivity contribution in [3.63, 3.8) is 0 Å². The zero-order valence-electron chi connectivity index (χ0n) is 14.8. The highest BCUT2D eigenvalue weighted by Crippen LogP contribution is 2.13. The Labute approximate surface area is 155 Å². The Hall–Kier alpha value is -2.94. The summed E-state index contributed by atoms with van der Waals surface area (Å²) in [6.45, 7) is 4.07. The Balaban J connectivity index is 1.82. The lowest BCUT2D eigenvalue weighted by Gasteiger charge is -2.18. The first-order valence-electron chi connectivity index (χ1n) is 8.01. The standard InChI is InChI=1S/C18H20F3N5O/c1-13(26(22)11-15-6-16(19)10-23-7-15)4-3-5-14-8-24-17(25-9-14)27-12-18(2,20)21/h3-4,6-10H,1,5,11-12,22H2,2H3/b4-3-. The Kier molecular flexibility index (Phi) is 6.89. The van der Waals surface area contributed by atoms with E-state index in [4.69, 9.17) is 10.6 Å². The van der Waals surface area contributed by atoms with Crippen molar-refractivity contribution < 1.29 is 17.9 Å². The van der Waals surface area contributed by atoms with Gasteiger partial charge in [0.2, 0.25) is 0 Å². The molecular formula is C18H20F3N5O. The maximum Gasteiger partial charge on any atom is 0.316 e. The van der Waals surface area contributed by atoms with Crippen molar-refractivity contribution >= 4 is 0 Å². The molecule has 2 rings (SSSR count). The molecule has 0 radical (unpaired) electrons. The topological polar surface area (TPSA) is 77.2 Å². The minimum atomic E-state index is -2.94. The van der Waals surface area contributed by atoms with Crippen molar-refractivity contribution in [1.82, 2.24) is 20.0 Å². The van der Waals surface area contributed by atoms with Crippen LogP contribution in [0.3, 0.4) is 0 Å². The minimum Gasteiger partial charge on any atom is -0.457 e. The van der Waals surface area contributed by atoms with Crippen molar-refractivity contribution in [2.45, 2.75) is 25.8 Å². The number of alkyl halides is 2. The van der Waals surface area contributed by atoms with E-state index in [1.54, 1.807) is 12.2 Å². The molecule has 0 spiro atoms. The maximum atomic E-state index is 13.1. The van der Waals surface area contributed by atoms with Gasteiger partial charge in [0, 0.05) is 31.2 Å². The van der Waals surface area contributed by atoms with Gasteiger partial charge in [-0.25, -0.2) is 29.0 Å². The highest BCUT2D eigenvalue weighted by Gasteiger charge is 2.22. The zero-order valence-corrected chi connectivity index (χ0v) is 14.8. The van der Waals surface area contributed by atoms with E-state index in [-0.39, 0.29) is 12.6 Å². The number of rotatable bonds is 9. The van der Waals surface area contributed by atoms with Crippen molar-refractivity contribution in [1.29, 1.82) is 0 Å². The van der Waals surface area contributed by atoms with Crippen LogP contribution in [-0.2, 0) is 13.0 Å². The number of pyridine rings is 1. The lowest BCUT2D eigenvalue weighted by molar-refractivity contribution is -0.0256. The van der Waals surface area contributed by atoms with Crippen LogP contribution in [0.25, 0.3) is 0 Å². The number of hydrogen-bond donors (Lipinski definition) is 1. The average Bonchev–Trinajstić information content (AvgIpc) is 2.60. The smallest absolute Gasteiger partial charge is 0.316 e. The van der Waals surface area contributed by atoms with Gasteiger partial charge in [-0.2, -0.15) is 0 Å². The molecule has 0 aliphatic heterocycles. The van der Waals surface area contributed by atoms with Gasteiger partial charge in [0.05, 0.1) is 12.7 Å². The molecule has 2 heterocycles. The molecule has 0 unspecified atom stereocenters. The predicted octanol–water partition coefficient (Wildman–Crippen LogP) is 3.03. The van der Waals surface area contributed by atoms with Crippen LogP contribution in [0.4, 0.5) is 13.2 Å². The van der Waals surface area contributed by atoms with E-state index < -0.39 is 18.3 Å². The summed E-state index contributed by atoms with van der Waals surface area (Å²) in [4.78, 5) is 11.5. The number of nitrogens with two attached hydrogens (primary N) is 1. The summed E-state index contributed by atoms with van der Waals surface area (Å²) >= 11 is 0.